The Bertz CT molecular complexity index is 643. The van der Waals surface area contributed by atoms with Crippen LogP contribution in [0, 0.1) is 6.92 Å². The maximum absolute atomic E-state index is 11.8. The third-order valence-corrected chi connectivity index (χ3v) is 4.31. The van der Waals surface area contributed by atoms with Crippen molar-refractivity contribution in [3.63, 3.8) is 0 Å². The first-order chi connectivity index (χ1) is 9.20. The molecule has 3 nitrogen and oxygen atoms in total. The summed E-state index contributed by atoms with van der Waals surface area (Å²) in [6, 6.07) is 7.89. The van der Waals surface area contributed by atoms with Gasteiger partial charge in [0.05, 0.1) is 6.61 Å². The molecule has 0 atom stereocenters. The van der Waals surface area contributed by atoms with Gasteiger partial charge >= 0.3 is 5.97 Å². The number of fused-ring (bicyclic) bond motifs is 3. The van der Waals surface area contributed by atoms with E-state index in [1.54, 1.807) is 0 Å². The minimum atomic E-state index is -0.253. The minimum Gasteiger partial charge on any atom is -0.488 e. The molecule has 4 heteroatoms. The molecule has 1 aliphatic heterocycles. The summed E-state index contributed by atoms with van der Waals surface area (Å²) in [6.07, 6.45) is 0. The largest absolute Gasteiger partial charge is 0.488 e. The highest BCUT2D eigenvalue weighted by Gasteiger charge is 2.24. The molecule has 1 aromatic heterocycles. The Morgan fingerprint density at radius 3 is 3.11 bits per heavy atom. The SMILES string of the molecule is CCOC(=O)c1cc2c(s1)-c1c(C)cccc1OC2. The predicted octanol–water partition coefficient (Wildman–Crippen LogP) is 3.79. The van der Waals surface area contributed by atoms with Crippen molar-refractivity contribution in [3.8, 4) is 16.2 Å². The molecule has 1 aromatic carbocycles. The first kappa shape index (κ1) is 12.2. The van der Waals surface area contributed by atoms with Crippen LogP contribution in [0.15, 0.2) is 24.3 Å². The molecule has 0 saturated carbocycles. The molecule has 0 aliphatic carbocycles. The monoisotopic (exact) mass is 274 g/mol. The third-order valence-electron chi connectivity index (χ3n) is 3.13. The number of benzene rings is 1. The van der Waals surface area contributed by atoms with Crippen LogP contribution in [-0.2, 0) is 11.3 Å². The van der Waals surface area contributed by atoms with E-state index in [0.717, 1.165) is 27.3 Å². The Morgan fingerprint density at radius 2 is 2.32 bits per heavy atom. The maximum Gasteiger partial charge on any atom is 0.348 e. The van der Waals surface area contributed by atoms with Crippen molar-refractivity contribution < 1.29 is 14.3 Å². The molecule has 3 rings (SSSR count). The van der Waals surface area contributed by atoms with Gasteiger partial charge in [-0.25, -0.2) is 4.79 Å². The van der Waals surface area contributed by atoms with Crippen molar-refractivity contribution in [3.05, 3.63) is 40.3 Å². The zero-order valence-electron chi connectivity index (χ0n) is 10.9. The van der Waals surface area contributed by atoms with E-state index in [0.29, 0.717) is 18.1 Å². The van der Waals surface area contributed by atoms with E-state index in [1.807, 2.05) is 25.1 Å². The van der Waals surface area contributed by atoms with Crippen LogP contribution < -0.4 is 4.74 Å². The molecule has 2 aromatic rings. The van der Waals surface area contributed by atoms with E-state index in [1.165, 1.54) is 11.3 Å². The van der Waals surface area contributed by atoms with Crippen LogP contribution in [0.5, 0.6) is 5.75 Å². The summed E-state index contributed by atoms with van der Waals surface area (Å²) >= 11 is 1.49. The maximum atomic E-state index is 11.8. The fourth-order valence-corrected chi connectivity index (χ4v) is 3.43. The highest BCUT2D eigenvalue weighted by molar-refractivity contribution is 7.17. The number of hydrogen-bond donors (Lipinski definition) is 0. The lowest BCUT2D eigenvalue weighted by Gasteiger charge is -2.19. The molecule has 0 fully saturated rings. The Hall–Kier alpha value is -1.81. The van der Waals surface area contributed by atoms with Crippen LogP contribution in [0.2, 0.25) is 0 Å². The zero-order valence-corrected chi connectivity index (χ0v) is 11.7. The molecular weight excluding hydrogens is 260 g/mol. The van der Waals surface area contributed by atoms with Crippen LogP contribution in [0.3, 0.4) is 0 Å². The number of carbonyl (C=O) groups excluding carboxylic acids is 1. The quantitative estimate of drug-likeness (QED) is 0.781. The molecular formula is C15H14O3S. The molecule has 2 heterocycles. The lowest BCUT2D eigenvalue weighted by Crippen LogP contribution is -2.04. The first-order valence-electron chi connectivity index (χ1n) is 6.23. The van der Waals surface area contributed by atoms with Crippen molar-refractivity contribution in [1.82, 2.24) is 0 Å². The molecule has 0 bridgehead atoms. The normalized spacial score (nSPS) is 12.3. The Balaban J connectivity index is 2.09. The minimum absolute atomic E-state index is 0.253. The van der Waals surface area contributed by atoms with Crippen molar-refractivity contribution in [2.45, 2.75) is 20.5 Å². The highest BCUT2D eigenvalue weighted by Crippen LogP contribution is 2.44. The smallest absolute Gasteiger partial charge is 0.348 e. The molecule has 19 heavy (non-hydrogen) atoms. The average molecular weight is 274 g/mol. The molecule has 0 spiro atoms. The lowest BCUT2D eigenvalue weighted by molar-refractivity contribution is 0.0532. The number of esters is 1. The second kappa shape index (κ2) is 4.70. The topological polar surface area (TPSA) is 35.5 Å². The molecule has 0 unspecified atom stereocenters. The number of rotatable bonds is 2. The van der Waals surface area contributed by atoms with Gasteiger partial charge in [0.2, 0.25) is 0 Å². The van der Waals surface area contributed by atoms with Gasteiger partial charge in [0.25, 0.3) is 0 Å². The first-order valence-corrected chi connectivity index (χ1v) is 7.05. The second-order valence-electron chi connectivity index (χ2n) is 4.42. The fraction of sp³-hybridized carbons (Fsp3) is 0.267. The van der Waals surface area contributed by atoms with Crippen LogP contribution in [0.1, 0.15) is 27.7 Å². The lowest BCUT2D eigenvalue weighted by atomic mass is 10.0. The van der Waals surface area contributed by atoms with Crippen molar-refractivity contribution >= 4 is 17.3 Å². The summed E-state index contributed by atoms with van der Waals surface area (Å²) < 4.78 is 10.8. The number of aryl methyl sites for hydroxylation is 1. The van der Waals surface area contributed by atoms with Gasteiger partial charge < -0.3 is 9.47 Å². The van der Waals surface area contributed by atoms with E-state index in [9.17, 15) is 4.79 Å². The van der Waals surface area contributed by atoms with Gasteiger partial charge in [0.1, 0.15) is 17.2 Å². The van der Waals surface area contributed by atoms with Gasteiger partial charge in [-0.05, 0) is 31.5 Å². The van der Waals surface area contributed by atoms with Gasteiger partial charge in [-0.15, -0.1) is 11.3 Å². The van der Waals surface area contributed by atoms with Gasteiger partial charge in [0, 0.05) is 16.0 Å². The van der Waals surface area contributed by atoms with Crippen LogP contribution in [-0.4, -0.2) is 12.6 Å². The van der Waals surface area contributed by atoms with Crippen molar-refractivity contribution in [2.24, 2.45) is 0 Å². The van der Waals surface area contributed by atoms with Gasteiger partial charge in [-0.2, -0.15) is 0 Å². The molecule has 0 saturated heterocycles. The molecule has 0 N–H and O–H groups in total. The summed E-state index contributed by atoms with van der Waals surface area (Å²) in [5, 5.41) is 0. The van der Waals surface area contributed by atoms with Gasteiger partial charge in [0.15, 0.2) is 0 Å². The highest BCUT2D eigenvalue weighted by atomic mass is 32.1. The van der Waals surface area contributed by atoms with Gasteiger partial charge in [-0.3, -0.25) is 0 Å². The van der Waals surface area contributed by atoms with Crippen LogP contribution in [0.4, 0.5) is 0 Å². The molecule has 0 amide bonds. The summed E-state index contributed by atoms with van der Waals surface area (Å²) in [5.74, 6) is 0.641. The third kappa shape index (κ3) is 2.02. The molecule has 0 radical (unpaired) electrons. The number of thiophene rings is 1. The molecule has 1 aliphatic rings. The Morgan fingerprint density at radius 1 is 1.47 bits per heavy atom. The number of hydrogen-bond acceptors (Lipinski definition) is 4. The second-order valence-corrected chi connectivity index (χ2v) is 5.47. The molecule has 98 valence electrons. The summed E-state index contributed by atoms with van der Waals surface area (Å²) in [7, 11) is 0. The van der Waals surface area contributed by atoms with E-state index in [-0.39, 0.29) is 5.97 Å². The van der Waals surface area contributed by atoms with Gasteiger partial charge in [-0.1, -0.05) is 12.1 Å². The Labute approximate surface area is 115 Å². The number of ether oxygens (including phenoxy) is 2. The standard InChI is InChI=1S/C15H14O3S/c1-3-17-15(16)12-7-10-8-18-11-6-4-5-9(2)13(11)14(10)19-12/h4-7H,3,8H2,1-2H3. The summed E-state index contributed by atoms with van der Waals surface area (Å²) in [5.41, 5.74) is 3.33. The summed E-state index contributed by atoms with van der Waals surface area (Å²) in [4.78, 5) is 13.6. The van der Waals surface area contributed by atoms with Crippen molar-refractivity contribution in [1.29, 1.82) is 0 Å². The van der Waals surface area contributed by atoms with Crippen molar-refractivity contribution in [2.75, 3.05) is 6.61 Å². The number of carbonyl (C=O) groups is 1. The van der Waals surface area contributed by atoms with E-state index < -0.39 is 0 Å². The average Bonchev–Trinajstić information content (AvgIpc) is 2.83. The Kier molecular flexibility index (Phi) is 3.03. The fourth-order valence-electron chi connectivity index (χ4n) is 2.26. The van der Waals surface area contributed by atoms with E-state index in [2.05, 4.69) is 13.0 Å². The van der Waals surface area contributed by atoms with E-state index in [4.69, 9.17) is 9.47 Å². The van der Waals surface area contributed by atoms with Crippen LogP contribution in [0.25, 0.3) is 10.4 Å². The summed E-state index contributed by atoms with van der Waals surface area (Å²) in [6.45, 7) is 4.78. The van der Waals surface area contributed by atoms with Crippen LogP contribution >= 0.6 is 11.3 Å². The van der Waals surface area contributed by atoms with E-state index >= 15 is 0 Å². The zero-order chi connectivity index (χ0) is 13.4. The predicted molar refractivity (Wildman–Crippen MR) is 74.8 cm³/mol.